The van der Waals surface area contributed by atoms with E-state index in [1.165, 1.54) is 36.4 Å². The van der Waals surface area contributed by atoms with Crippen molar-refractivity contribution >= 4 is 52.6 Å². The standard InChI is InChI=1S/3C7H6O2.2Al.3ClH/c3*8-7(9)6-4-2-1-3-5-6;;;;;/h3*1-5H,(H,8,9);;;3*1H/q;;;2*+3;;;/p-6. The van der Waals surface area contributed by atoms with Gasteiger partial charge in [-0.3, -0.25) is 0 Å². The van der Waals surface area contributed by atoms with Crippen molar-refractivity contribution in [2.24, 2.45) is 0 Å². The molecule has 3 aromatic carbocycles. The zero-order valence-electron chi connectivity index (χ0n) is 16.4. The molecule has 11 heteroatoms. The normalized spacial score (nSPS) is 7.50. The summed E-state index contributed by atoms with van der Waals surface area (Å²) in [4.78, 5) is 30.3. The fourth-order valence-electron chi connectivity index (χ4n) is 1.72. The van der Waals surface area contributed by atoms with Gasteiger partial charge in [0, 0.05) is 0 Å². The van der Waals surface area contributed by atoms with Gasteiger partial charge in [-0.05, 0) is 16.7 Å². The molecule has 0 atom stereocenters. The maximum atomic E-state index is 10.1. The van der Waals surface area contributed by atoms with E-state index >= 15 is 0 Å². The van der Waals surface area contributed by atoms with Gasteiger partial charge in [-0.25, -0.2) is 0 Å². The average Bonchev–Trinajstić information content (AvgIpc) is 2.71. The fourth-order valence-corrected chi connectivity index (χ4v) is 1.72. The first kappa shape index (κ1) is 40.4. The monoisotopic (exact) mass is 522 g/mol. The number of rotatable bonds is 3. The van der Waals surface area contributed by atoms with Crippen molar-refractivity contribution in [3.8, 4) is 0 Å². The van der Waals surface area contributed by atoms with Crippen LogP contribution in [0, 0.1) is 0 Å². The summed E-state index contributed by atoms with van der Waals surface area (Å²) < 4.78 is 0. The van der Waals surface area contributed by atoms with Gasteiger partial charge in [-0.15, -0.1) is 0 Å². The molecule has 0 aliphatic carbocycles. The summed E-state index contributed by atoms with van der Waals surface area (Å²) >= 11 is 0. The molecule has 0 radical (unpaired) electrons. The van der Waals surface area contributed by atoms with Crippen LogP contribution in [0.3, 0.4) is 0 Å². The molecule has 32 heavy (non-hydrogen) atoms. The maximum Gasteiger partial charge on any atom is 3.00 e. The second kappa shape index (κ2) is 23.7. The minimum Gasteiger partial charge on any atom is -1.00 e. The fraction of sp³-hybridized carbons (Fsp3) is 0. The second-order valence-electron chi connectivity index (χ2n) is 4.96. The van der Waals surface area contributed by atoms with Crippen molar-refractivity contribution in [2.45, 2.75) is 0 Å². The van der Waals surface area contributed by atoms with E-state index in [0.29, 0.717) is 0 Å². The van der Waals surface area contributed by atoms with Crippen molar-refractivity contribution < 1.29 is 66.9 Å². The summed E-state index contributed by atoms with van der Waals surface area (Å²) in [5.74, 6) is -3.39. The van der Waals surface area contributed by atoms with Crippen LogP contribution in [-0.4, -0.2) is 52.6 Å². The number of halogens is 3. The Hall–Kier alpha value is -2.00. The predicted molar refractivity (Wildman–Crippen MR) is 104 cm³/mol. The minimum absolute atomic E-state index is 0. The van der Waals surface area contributed by atoms with Crippen LogP contribution in [0.4, 0.5) is 0 Å². The van der Waals surface area contributed by atoms with Gasteiger partial charge in [-0.2, -0.15) is 0 Å². The zero-order valence-corrected chi connectivity index (χ0v) is 21.0. The number of carboxylic acids is 3. The first-order valence-corrected chi connectivity index (χ1v) is 7.71. The summed E-state index contributed by atoms with van der Waals surface area (Å²) in [6, 6.07) is 24.2. The molecule has 0 saturated carbocycles. The molecule has 0 amide bonds. The maximum absolute atomic E-state index is 10.1. The van der Waals surface area contributed by atoms with Crippen molar-refractivity contribution in [3.63, 3.8) is 0 Å². The van der Waals surface area contributed by atoms with Gasteiger partial charge >= 0.3 is 34.7 Å². The van der Waals surface area contributed by atoms with Gasteiger partial charge in [0.25, 0.3) is 0 Å². The number of benzene rings is 3. The topological polar surface area (TPSA) is 120 Å². The number of hydrogen-bond acceptors (Lipinski definition) is 6. The molecule has 162 valence electrons. The van der Waals surface area contributed by atoms with Crippen LogP contribution in [0.25, 0.3) is 0 Å². The molecule has 0 unspecified atom stereocenters. The zero-order chi connectivity index (χ0) is 20.1. The molecule has 0 saturated heterocycles. The Morgan fingerprint density at radius 1 is 0.406 bits per heavy atom. The summed E-state index contributed by atoms with van der Waals surface area (Å²) in [6.45, 7) is 0. The molecule has 0 aliphatic rings. The summed E-state index contributed by atoms with van der Waals surface area (Å²) in [5.41, 5.74) is 0.660. The Kier molecular flexibility index (Phi) is 29.9. The third-order valence-electron chi connectivity index (χ3n) is 3.03. The van der Waals surface area contributed by atoms with Gasteiger partial charge in [0.05, 0.1) is 17.9 Å². The van der Waals surface area contributed by atoms with E-state index in [-0.39, 0.29) is 88.6 Å². The van der Waals surface area contributed by atoms with Gasteiger partial charge in [0.2, 0.25) is 0 Å². The molecule has 3 aromatic rings. The quantitative estimate of drug-likeness (QED) is 0.315. The van der Waals surface area contributed by atoms with Gasteiger partial charge in [0.15, 0.2) is 0 Å². The predicted octanol–water partition coefficient (Wildman–Crippen LogP) is -9.60. The Labute approximate surface area is 226 Å². The van der Waals surface area contributed by atoms with E-state index in [2.05, 4.69) is 0 Å². The smallest absolute Gasteiger partial charge is 1.00 e. The molecular weight excluding hydrogens is 509 g/mol. The average molecular weight is 524 g/mol. The Morgan fingerprint density at radius 3 is 0.656 bits per heavy atom. The Morgan fingerprint density at radius 2 is 0.562 bits per heavy atom. The third kappa shape index (κ3) is 17.7. The van der Waals surface area contributed by atoms with E-state index in [1.54, 1.807) is 54.6 Å². The molecule has 0 aromatic heterocycles. The molecule has 3 rings (SSSR count). The largest absolute Gasteiger partial charge is 3.00 e. The van der Waals surface area contributed by atoms with Crippen LogP contribution in [0.15, 0.2) is 91.0 Å². The van der Waals surface area contributed by atoms with E-state index in [9.17, 15) is 29.7 Å². The van der Waals surface area contributed by atoms with Crippen molar-refractivity contribution in [1.82, 2.24) is 0 Å². The molecule has 0 fully saturated rings. The first-order valence-electron chi connectivity index (χ1n) is 7.71. The summed E-state index contributed by atoms with van der Waals surface area (Å²) in [6.07, 6.45) is 0. The Balaban J connectivity index is -0.000000106. The van der Waals surface area contributed by atoms with E-state index < -0.39 is 17.9 Å². The Bertz CT molecular complexity index is 753. The SMILES string of the molecule is O=C([O-])c1ccccc1.O=C([O-])c1ccccc1.O=C([O-])c1ccccc1.[Al+3].[Al+3].[Cl-].[Cl-].[Cl-]. The number of carbonyl (C=O) groups is 3. The number of carboxylic acid groups (broad SMARTS) is 3. The van der Waals surface area contributed by atoms with E-state index in [4.69, 9.17) is 0 Å². The molecule has 0 N–H and O–H groups in total. The van der Waals surface area contributed by atoms with Gasteiger partial charge in [0.1, 0.15) is 0 Å². The number of aromatic carboxylic acids is 3. The summed E-state index contributed by atoms with van der Waals surface area (Å²) in [7, 11) is 0. The van der Waals surface area contributed by atoms with Gasteiger partial charge < -0.3 is 66.9 Å². The molecule has 0 spiro atoms. The van der Waals surface area contributed by atoms with Crippen molar-refractivity contribution in [3.05, 3.63) is 108 Å². The number of carbonyl (C=O) groups excluding carboxylic acids is 3. The van der Waals surface area contributed by atoms with Crippen LogP contribution in [0.1, 0.15) is 31.1 Å². The second-order valence-corrected chi connectivity index (χ2v) is 4.96. The van der Waals surface area contributed by atoms with Crippen LogP contribution >= 0.6 is 0 Å². The van der Waals surface area contributed by atoms with Crippen LogP contribution in [-0.2, 0) is 0 Å². The van der Waals surface area contributed by atoms with E-state index in [1.807, 2.05) is 0 Å². The van der Waals surface area contributed by atoms with Crippen LogP contribution in [0.5, 0.6) is 0 Å². The molecule has 6 nitrogen and oxygen atoms in total. The van der Waals surface area contributed by atoms with Crippen molar-refractivity contribution in [1.29, 1.82) is 0 Å². The van der Waals surface area contributed by atoms with Crippen LogP contribution < -0.4 is 52.5 Å². The molecule has 0 bridgehead atoms. The van der Waals surface area contributed by atoms with E-state index in [0.717, 1.165) is 0 Å². The minimum atomic E-state index is -1.13. The van der Waals surface area contributed by atoms with Gasteiger partial charge in [-0.1, -0.05) is 91.0 Å². The molecule has 0 heterocycles. The summed E-state index contributed by atoms with van der Waals surface area (Å²) in [5, 5.41) is 30.3. The van der Waals surface area contributed by atoms with Crippen molar-refractivity contribution in [2.75, 3.05) is 0 Å². The number of hydrogen-bond donors (Lipinski definition) is 0. The third-order valence-corrected chi connectivity index (χ3v) is 3.03. The molecule has 0 aliphatic heterocycles. The van der Waals surface area contributed by atoms with Crippen LogP contribution in [0.2, 0.25) is 0 Å². The molecular formula is C21H15Al2Cl3O6. The first-order chi connectivity index (χ1) is 12.9.